The lowest BCUT2D eigenvalue weighted by Gasteiger charge is -2.09. The summed E-state index contributed by atoms with van der Waals surface area (Å²) in [7, 11) is 0. The number of hydrogen-bond donors (Lipinski definition) is 2. The number of nitrogens with two attached hydrogens (primary N) is 2. The van der Waals surface area contributed by atoms with E-state index in [0.29, 0.717) is 5.56 Å². The van der Waals surface area contributed by atoms with Crippen molar-refractivity contribution in [1.82, 2.24) is 4.98 Å². The molecule has 0 spiro atoms. The summed E-state index contributed by atoms with van der Waals surface area (Å²) in [4.78, 5) is 15.1. The van der Waals surface area contributed by atoms with Crippen LogP contribution >= 0.6 is 0 Å². The molecule has 98 valence electrons. The van der Waals surface area contributed by atoms with Crippen molar-refractivity contribution in [3.8, 4) is 11.6 Å². The Balaban J connectivity index is 2.37. The van der Waals surface area contributed by atoms with Gasteiger partial charge in [0.2, 0.25) is 5.88 Å². The molecule has 0 aliphatic rings. The molecule has 0 atom stereocenters. The summed E-state index contributed by atoms with van der Waals surface area (Å²) in [5.41, 5.74) is 11.5. The van der Waals surface area contributed by atoms with Crippen molar-refractivity contribution in [1.29, 1.82) is 0 Å². The van der Waals surface area contributed by atoms with E-state index in [1.54, 1.807) is 19.1 Å². The molecule has 6 heteroatoms. The number of aromatic nitrogens is 1. The number of anilines is 1. The van der Waals surface area contributed by atoms with Gasteiger partial charge in [-0.25, -0.2) is 9.37 Å². The summed E-state index contributed by atoms with van der Waals surface area (Å²) in [5.74, 6) is -0.913. The zero-order valence-electron chi connectivity index (χ0n) is 10.2. The Bertz CT molecular complexity index is 644. The zero-order valence-corrected chi connectivity index (χ0v) is 10.2. The largest absolute Gasteiger partial charge is 0.438 e. The number of ether oxygens (including phenoxy) is 1. The Morgan fingerprint density at radius 2 is 2.11 bits per heavy atom. The number of pyridine rings is 1. The maximum Gasteiger partial charge on any atom is 0.254 e. The Morgan fingerprint density at radius 1 is 1.37 bits per heavy atom. The molecule has 1 aromatic heterocycles. The van der Waals surface area contributed by atoms with Gasteiger partial charge in [0.25, 0.3) is 5.91 Å². The average Bonchev–Trinajstić information content (AvgIpc) is 2.36. The molecule has 0 radical (unpaired) electrons. The third-order valence-electron chi connectivity index (χ3n) is 2.50. The first-order valence-corrected chi connectivity index (χ1v) is 5.46. The van der Waals surface area contributed by atoms with Gasteiger partial charge in [0.15, 0.2) is 0 Å². The lowest BCUT2D eigenvalue weighted by atomic mass is 10.2. The number of primary amides is 1. The van der Waals surface area contributed by atoms with Crippen LogP contribution in [0.1, 0.15) is 15.9 Å². The van der Waals surface area contributed by atoms with E-state index in [1.165, 1.54) is 18.3 Å². The fourth-order valence-corrected chi connectivity index (χ4v) is 1.47. The standard InChI is InChI=1S/C13H12FN3O2/c1-7-2-3-9(5-11(7)14)19-13-10(12(16)18)4-8(15)6-17-13/h2-6H,15H2,1H3,(H2,16,18). The number of nitrogens with zero attached hydrogens (tertiary/aromatic N) is 1. The highest BCUT2D eigenvalue weighted by Gasteiger charge is 2.13. The first-order chi connectivity index (χ1) is 8.97. The molecule has 1 aromatic carbocycles. The highest BCUT2D eigenvalue weighted by molar-refractivity contribution is 5.95. The van der Waals surface area contributed by atoms with Crippen molar-refractivity contribution >= 4 is 11.6 Å². The second-order valence-corrected chi connectivity index (χ2v) is 4.00. The third-order valence-corrected chi connectivity index (χ3v) is 2.50. The molecular formula is C13H12FN3O2. The van der Waals surface area contributed by atoms with E-state index in [2.05, 4.69) is 4.98 Å². The molecule has 0 aliphatic carbocycles. The van der Waals surface area contributed by atoms with Crippen LogP contribution in [0.15, 0.2) is 30.5 Å². The lowest BCUT2D eigenvalue weighted by molar-refractivity contribution is 0.0997. The lowest BCUT2D eigenvalue weighted by Crippen LogP contribution is -2.13. The monoisotopic (exact) mass is 261 g/mol. The molecule has 4 N–H and O–H groups in total. The number of nitrogen functional groups attached to an aromatic ring is 1. The molecule has 0 fully saturated rings. The van der Waals surface area contributed by atoms with Crippen LogP contribution in [0.25, 0.3) is 0 Å². The summed E-state index contributed by atoms with van der Waals surface area (Å²) in [6, 6.07) is 5.69. The van der Waals surface area contributed by atoms with Gasteiger partial charge < -0.3 is 16.2 Å². The number of aryl methyl sites for hydroxylation is 1. The minimum atomic E-state index is -0.720. The minimum absolute atomic E-state index is 0.00930. The molecule has 1 amide bonds. The smallest absolute Gasteiger partial charge is 0.254 e. The summed E-state index contributed by atoms with van der Waals surface area (Å²) in [6.07, 6.45) is 1.33. The van der Waals surface area contributed by atoms with Gasteiger partial charge in [-0.3, -0.25) is 4.79 Å². The van der Waals surface area contributed by atoms with Crippen LogP contribution in [-0.4, -0.2) is 10.9 Å². The first-order valence-electron chi connectivity index (χ1n) is 5.46. The number of amides is 1. The summed E-state index contributed by atoms with van der Waals surface area (Å²) in [6.45, 7) is 1.63. The van der Waals surface area contributed by atoms with E-state index in [0.717, 1.165) is 0 Å². The Labute approximate surface area is 109 Å². The van der Waals surface area contributed by atoms with Crippen molar-refractivity contribution < 1.29 is 13.9 Å². The van der Waals surface area contributed by atoms with Crippen molar-refractivity contribution in [3.05, 3.63) is 47.4 Å². The Kier molecular flexibility index (Phi) is 3.33. The third kappa shape index (κ3) is 2.79. The fraction of sp³-hybridized carbons (Fsp3) is 0.0769. The van der Waals surface area contributed by atoms with Crippen LogP contribution in [0.2, 0.25) is 0 Å². The molecule has 2 rings (SSSR count). The van der Waals surface area contributed by atoms with Crippen molar-refractivity contribution in [3.63, 3.8) is 0 Å². The maximum atomic E-state index is 13.4. The van der Waals surface area contributed by atoms with Crippen LogP contribution in [0.4, 0.5) is 10.1 Å². The second kappa shape index (κ2) is 4.93. The molecule has 0 unspecified atom stereocenters. The second-order valence-electron chi connectivity index (χ2n) is 4.00. The van der Waals surface area contributed by atoms with Gasteiger partial charge in [0.05, 0.1) is 11.9 Å². The van der Waals surface area contributed by atoms with Crippen molar-refractivity contribution in [2.24, 2.45) is 5.73 Å². The number of carbonyl (C=O) groups is 1. The maximum absolute atomic E-state index is 13.4. The number of halogens is 1. The van der Waals surface area contributed by atoms with Crippen LogP contribution < -0.4 is 16.2 Å². The number of hydrogen-bond acceptors (Lipinski definition) is 4. The molecule has 0 saturated heterocycles. The predicted octanol–water partition coefficient (Wildman–Crippen LogP) is 2.00. The molecular weight excluding hydrogens is 249 g/mol. The summed E-state index contributed by atoms with van der Waals surface area (Å²) >= 11 is 0. The van der Waals surface area contributed by atoms with Gasteiger partial charge in [-0.15, -0.1) is 0 Å². The summed E-state index contributed by atoms with van der Waals surface area (Å²) < 4.78 is 18.7. The molecule has 2 aromatic rings. The Morgan fingerprint density at radius 3 is 2.74 bits per heavy atom. The van der Waals surface area contributed by atoms with Gasteiger partial charge >= 0.3 is 0 Å². The SMILES string of the molecule is Cc1ccc(Oc2ncc(N)cc2C(N)=O)cc1F. The van der Waals surface area contributed by atoms with Gasteiger partial charge in [-0.1, -0.05) is 6.07 Å². The van der Waals surface area contributed by atoms with Crippen LogP contribution in [0, 0.1) is 12.7 Å². The average molecular weight is 261 g/mol. The number of rotatable bonds is 3. The number of benzene rings is 1. The molecule has 5 nitrogen and oxygen atoms in total. The van der Waals surface area contributed by atoms with Gasteiger partial charge in [-0.05, 0) is 24.6 Å². The topological polar surface area (TPSA) is 91.2 Å². The fourth-order valence-electron chi connectivity index (χ4n) is 1.47. The number of carbonyl (C=O) groups excluding carboxylic acids is 1. The van der Waals surface area contributed by atoms with E-state index >= 15 is 0 Å². The highest BCUT2D eigenvalue weighted by atomic mass is 19.1. The van der Waals surface area contributed by atoms with E-state index in [-0.39, 0.29) is 22.9 Å². The minimum Gasteiger partial charge on any atom is -0.438 e. The quantitative estimate of drug-likeness (QED) is 0.884. The normalized spacial score (nSPS) is 10.2. The van der Waals surface area contributed by atoms with E-state index in [1.807, 2.05) is 0 Å². The predicted molar refractivity (Wildman–Crippen MR) is 68.4 cm³/mol. The molecule has 19 heavy (non-hydrogen) atoms. The molecule has 0 aliphatic heterocycles. The first kappa shape index (κ1) is 12.8. The van der Waals surface area contributed by atoms with Crippen molar-refractivity contribution in [2.75, 3.05) is 5.73 Å². The summed E-state index contributed by atoms with van der Waals surface area (Å²) in [5, 5.41) is 0. The van der Waals surface area contributed by atoms with Gasteiger partial charge in [-0.2, -0.15) is 0 Å². The zero-order chi connectivity index (χ0) is 14.0. The molecule has 1 heterocycles. The van der Waals surface area contributed by atoms with Crippen LogP contribution in [0.3, 0.4) is 0 Å². The van der Waals surface area contributed by atoms with Crippen LogP contribution in [-0.2, 0) is 0 Å². The van der Waals surface area contributed by atoms with Crippen molar-refractivity contribution in [2.45, 2.75) is 6.92 Å². The van der Waals surface area contributed by atoms with E-state index in [4.69, 9.17) is 16.2 Å². The van der Waals surface area contributed by atoms with E-state index in [9.17, 15) is 9.18 Å². The van der Waals surface area contributed by atoms with E-state index < -0.39 is 11.7 Å². The van der Waals surface area contributed by atoms with Gasteiger partial charge in [0, 0.05) is 6.07 Å². The highest BCUT2D eigenvalue weighted by Crippen LogP contribution is 2.25. The molecule has 0 bridgehead atoms. The molecule has 0 saturated carbocycles. The van der Waals surface area contributed by atoms with Crippen LogP contribution in [0.5, 0.6) is 11.6 Å². The Hall–Kier alpha value is -2.63. The van der Waals surface area contributed by atoms with Gasteiger partial charge in [0.1, 0.15) is 17.1 Å².